The van der Waals surface area contributed by atoms with Crippen LogP contribution < -0.4 is 0 Å². The van der Waals surface area contributed by atoms with Gasteiger partial charge >= 0.3 is 0 Å². The molecular weight excluding hydrogens is 134 g/mol. The lowest BCUT2D eigenvalue weighted by Crippen LogP contribution is -1.89. The SMILES string of the molecule is C=C/C(C=C(CC)CC)=N/C. The van der Waals surface area contributed by atoms with Gasteiger partial charge in [0.05, 0.1) is 5.71 Å². The summed E-state index contributed by atoms with van der Waals surface area (Å²) in [5.74, 6) is 0. The minimum absolute atomic E-state index is 0.976. The van der Waals surface area contributed by atoms with E-state index in [1.165, 1.54) is 5.57 Å². The maximum atomic E-state index is 4.06. The minimum atomic E-state index is 0.976. The maximum Gasteiger partial charge on any atom is 0.0564 e. The molecular formula is C10H17N. The smallest absolute Gasteiger partial charge is 0.0564 e. The van der Waals surface area contributed by atoms with Crippen LogP contribution in [-0.2, 0) is 0 Å². The highest BCUT2D eigenvalue weighted by atomic mass is 14.7. The second kappa shape index (κ2) is 5.90. The van der Waals surface area contributed by atoms with E-state index >= 15 is 0 Å². The molecule has 11 heavy (non-hydrogen) atoms. The lowest BCUT2D eigenvalue weighted by Gasteiger charge is -1.98. The number of allylic oxidation sites excluding steroid dienone is 3. The van der Waals surface area contributed by atoms with Crippen molar-refractivity contribution in [1.29, 1.82) is 0 Å². The maximum absolute atomic E-state index is 4.06. The zero-order valence-electron chi connectivity index (χ0n) is 7.72. The molecule has 0 spiro atoms. The third-order valence-electron chi connectivity index (χ3n) is 1.73. The Morgan fingerprint density at radius 1 is 1.36 bits per heavy atom. The summed E-state index contributed by atoms with van der Waals surface area (Å²) in [5.41, 5.74) is 2.40. The summed E-state index contributed by atoms with van der Waals surface area (Å²) < 4.78 is 0. The predicted molar refractivity (Wildman–Crippen MR) is 52.2 cm³/mol. The molecule has 0 aliphatic rings. The molecule has 0 fully saturated rings. The van der Waals surface area contributed by atoms with Crippen LogP contribution in [-0.4, -0.2) is 12.8 Å². The molecule has 0 aromatic heterocycles. The van der Waals surface area contributed by atoms with Crippen molar-refractivity contribution < 1.29 is 0 Å². The molecule has 0 aromatic carbocycles. The molecule has 0 aliphatic heterocycles. The van der Waals surface area contributed by atoms with Crippen LogP contribution in [0.2, 0.25) is 0 Å². The van der Waals surface area contributed by atoms with Crippen LogP contribution in [0.25, 0.3) is 0 Å². The Bertz CT molecular complexity index is 169. The van der Waals surface area contributed by atoms with Crippen molar-refractivity contribution >= 4 is 5.71 Å². The van der Waals surface area contributed by atoms with E-state index in [1.54, 1.807) is 13.1 Å². The van der Waals surface area contributed by atoms with Crippen LogP contribution in [0.3, 0.4) is 0 Å². The summed E-state index contributed by atoms with van der Waals surface area (Å²) >= 11 is 0. The van der Waals surface area contributed by atoms with E-state index in [2.05, 4.69) is 31.5 Å². The Hall–Kier alpha value is -0.850. The lowest BCUT2D eigenvalue weighted by atomic mass is 10.1. The van der Waals surface area contributed by atoms with E-state index in [0.29, 0.717) is 0 Å². The van der Waals surface area contributed by atoms with Crippen molar-refractivity contribution in [3.8, 4) is 0 Å². The molecule has 0 radical (unpaired) electrons. The first-order valence-electron chi connectivity index (χ1n) is 4.07. The predicted octanol–water partition coefficient (Wildman–Crippen LogP) is 2.99. The highest BCUT2D eigenvalue weighted by Crippen LogP contribution is 2.05. The molecule has 0 saturated heterocycles. The molecule has 0 bridgehead atoms. The van der Waals surface area contributed by atoms with Crippen LogP contribution in [0.1, 0.15) is 26.7 Å². The lowest BCUT2D eigenvalue weighted by molar-refractivity contribution is 0.980. The third kappa shape index (κ3) is 3.76. The van der Waals surface area contributed by atoms with Crippen LogP contribution >= 0.6 is 0 Å². The Morgan fingerprint density at radius 3 is 2.18 bits per heavy atom. The number of rotatable bonds is 4. The monoisotopic (exact) mass is 151 g/mol. The van der Waals surface area contributed by atoms with Gasteiger partial charge in [-0.2, -0.15) is 0 Å². The van der Waals surface area contributed by atoms with E-state index in [1.807, 2.05) is 0 Å². The highest BCUT2D eigenvalue weighted by Gasteiger charge is 1.91. The number of hydrogen-bond donors (Lipinski definition) is 0. The van der Waals surface area contributed by atoms with Gasteiger partial charge in [-0.15, -0.1) is 0 Å². The first kappa shape index (κ1) is 10.2. The Kier molecular flexibility index (Phi) is 5.44. The molecule has 0 N–H and O–H groups in total. The normalized spacial score (nSPS) is 11.0. The van der Waals surface area contributed by atoms with Crippen LogP contribution in [0.5, 0.6) is 0 Å². The zero-order valence-corrected chi connectivity index (χ0v) is 7.72. The summed E-state index contributed by atoms with van der Waals surface area (Å²) in [7, 11) is 1.79. The van der Waals surface area contributed by atoms with Gasteiger partial charge in [0.15, 0.2) is 0 Å². The molecule has 0 rings (SSSR count). The van der Waals surface area contributed by atoms with Gasteiger partial charge in [-0.25, -0.2) is 0 Å². The van der Waals surface area contributed by atoms with Gasteiger partial charge in [0.25, 0.3) is 0 Å². The van der Waals surface area contributed by atoms with Gasteiger partial charge in [0.2, 0.25) is 0 Å². The Labute approximate surface area is 69.5 Å². The molecule has 0 unspecified atom stereocenters. The summed E-state index contributed by atoms with van der Waals surface area (Å²) in [6.07, 6.45) is 6.09. The Morgan fingerprint density at radius 2 is 1.91 bits per heavy atom. The highest BCUT2D eigenvalue weighted by molar-refractivity contribution is 6.03. The fraction of sp³-hybridized carbons (Fsp3) is 0.500. The molecule has 0 heterocycles. The molecule has 1 nitrogen and oxygen atoms in total. The fourth-order valence-corrected chi connectivity index (χ4v) is 0.878. The summed E-state index contributed by atoms with van der Waals surface area (Å²) in [6, 6.07) is 0. The van der Waals surface area contributed by atoms with Crippen molar-refractivity contribution in [3.63, 3.8) is 0 Å². The van der Waals surface area contributed by atoms with Gasteiger partial charge < -0.3 is 0 Å². The summed E-state index contributed by atoms with van der Waals surface area (Å²) in [5, 5.41) is 0. The summed E-state index contributed by atoms with van der Waals surface area (Å²) in [4.78, 5) is 4.06. The summed E-state index contributed by atoms with van der Waals surface area (Å²) in [6.45, 7) is 7.99. The zero-order chi connectivity index (χ0) is 8.69. The standard InChI is InChI=1S/C10H17N/c1-5-9(6-2)8-10(7-3)11-4/h7-8H,3,5-6H2,1-2,4H3/b11-10-. The van der Waals surface area contributed by atoms with Gasteiger partial charge in [0.1, 0.15) is 0 Å². The van der Waals surface area contributed by atoms with Crippen LogP contribution in [0.15, 0.2) is 29.3 Å². The van der Waals surface area contributed by atoms with E-state index in [9.17, 15) is 0 Å². The Balaban J connectivity index is 4.35. The molecule has 0 saturated carbocycles. The molecule has 0 aliphatic carbocycles. The van der Waals surface area contributed by atoms with Crippen LogP contribution in [0.4, 0.5) is 0 Å². The van der Waals surface area contributed by atoms with Crippen molar-refractivity contribution in [2.75, 3.05) is 7.05 Å². The van der Waals surface area contributed by atoms with Gasteiger partial charge in [-0.3, -0.25) is 4.99 Å². The second-order valence-corrected chi connectivity index (χ2v) is 2.36. The van der Waals surface area contributed by atoms with Crippen molar-refractivity contribution in [1.82, 2.24) is 0 Å². The van der Waals surface area contributed by atoms with Gasteiger partial charge in [0, 0.05) is 7.05 Å². The van der Waals surface area contributed by atoms with Crippen molar-refractivity contribution in [3.05, 3.63) is 24.3 Å². The largest absolute Gasteiger partial charge is 0.289 e. The van der Waals surface area contributed by atoms with E-state index in [-0.39, 0.29) is 0 Å². The van der Waals surface area contributed by atoms with E-state index in [4.69, 9.17) is 0 Å². The topological polar surface area (TPSA) is 12.4 Å². The quantitative estimate of drug-likeness (QED) is 0.548. The average molecular weight is 151 g/mol. The van der Waals surface area contributed by atoms with Crippen molar-refractivity contribution in [2.45, 2.75) is 26.7 Å². The van der Waals surface area contributed by atoms with E-state index < -0.39 is 0 Å². The molecule has 0 aromatic rings. The number of hydrogen-bond acceptors (Lipinski definition) is 1. The molecule has 0 atom stereocenters. The van der Waals surface area contributed by atoms with Gasteiger partial charge in [-0.1, -0.05) is 26.0 Å². The third-order valence-corrected chi connectivity index (χ3v) is 1.73. The van der Waals surface area contributed by atoms with Crippen LogP contribution in [0, 0.1) is 0 Å². The molecule has 1 heteroatoms. The van der Waals surface area contributed by atoms with Gasteiger partial charge in [-0.05, 0) is 25.0 Å². The number of aliphatic imine (C=N–C) groups is 1. The van der Waals surface area contributed by atoms with Crippen molar-refractivity contribution in [2.24, 2.45) is 4.99 Å². The first-order valence-corrected chi connectivity index (χ1v) is 4.07. The first-order chi connectivity index (χ1) is 5.28. The average Bonchev–Trinajstić information content (AvgIpc) is 2.07. The molecule has 62 valence electrons. The van der Waals surface area contributed by atoms with E-state index in [0.717, 1.165) is 18.6 Å². The molecule has 0 amide bonds. The second-order valence-electron chi connectivity index (χ2n) is 2.36. The fourth-order valence-electron chi connectivity index (χ4n) is 0.878. The number of nitrogens with zero attached hydrogens (tertiary/aromatic N) is 1. The minimum Gasteiger partial charge on any atom is -0.289 e.